The molecule has 0 amide bonds. The van der Waals surface area contributed by atoms with Crippen LogP contribution in [0.1, 0.15) is 21.5 Å². The predicted molar refractivity (Wildman–Crippen MR) is 145 cm³/mol. The quantitative estimate of drug-likeness (QED) is 0.0872. The molecule has 10 heteroatoms. The number of thiophene rings is 1. The van der Waals surface area contributed by atoms with Crippen molar-refractivity contribution in [3.63, 3.8) is 0 Å². The van der Waals surface area contributed by atoms with Crippen LogP contribution in [0.2, 0.25) is 0 Å². The molecule has 198 valence electrons. The van der Waals surface area contributed by atoms with E-state index >= 15 is 0 Å². The Balaban J connectivity index is 0.000000426. The zero-order valence-corrected chi connectivity index (χ0v) is 22.4. The summed E-state index contributed by atoms with van der Waals surface area (Å²) in [6.45, 7) is 2.12. The number of halogens is 6. The molecule has 0 radical (unpaired) electrons. The van der Waals surface area contributed by atoms with E-state index in [-0.39, 0.29) is 16.7 Å². The van der Waals surface area contributed by atoms with Crippen LogP contribution in [-0.4, -0.2) is 5.78 Å². The molecule has 1 unspecified atom stereocenters. The summed E-state index contributed by atoms with van der Waals surface area (Å²) in [6, 6.07) is 37.3. The van der Waals surface area contributed by atoms with E-state index in [2.05, 4.69) is 73.7 Å². The Bertz CT molecular complexity index is 1520. The van der Waals surface area contributed by atoms with Gasteiger partial charge < -0.3 is 0 Å². The summed E-state index contributed by atoms with van der Waals surface area (Å²) in [7, 11) is -10.9. The van der Waals surface area contributed by atoms with Crippen LogP contribution in [0.25, 0.3) is 10.1 Å². The molecule has 1 heterocycles. The molecule has 38 heavy (non-hydrogen) atoms. The normalized spacial score (nSPS) is 14.1. The zero-order valence-electron chi connectivity index (χ0n) is 19.8. The fourth-order valence-electron chi connectivity index (χ4n) is 3.60. The molecule has 5 aromatic rings. The third-order valence-electron chi connectivity index (χ3n) is 5.25. The Morgan fingerprint density at radius 2 is 1.13 bits per heavy atom. The van der Waals surface area contributed by atoms with E-state index in [1.165, 1.54) is 29.6 Å². The molecule has 0 saturated heterocycles. The average molecular weight is 583 g/mol. The second kappa shape index (κ2) is 9.88. The van der Waals surface area contributed by atoms with Gasteiger partial charge in [-0.3, -0.25) is 4.79 Å². The van der Waals surface area contributed by atoms with Gasteiger partial charge in [-0.05, 0) is 54.8 Å². The second-order valence-electron chi connectivity index (χ2n) is 8.40. The topological polar surface area (TPSA) is 17.1 Å². The molecule has 0 N–H and O–H groups in total. The van der Waals surface area contributed by atoms with Crippen LogP contribution >= 0.6 is 19.1 Å². The fourth-order valence-corrected chi connectivity index (χ4v) is 7.37. The third-order valence-corrected chi connectivity index (χ3v) is 8.92. The number of ketones is 1. The van der Waals surface area contributed by atoms with Gasteiger partial charge in [0.25, 0.3) is 0 Å². The predicted octanol–water partition coefficient (Wildman–Crippen LogP) is 10.9. The summed E-state index contributed by atoms with van der Waals surface area (Å²) < 4.78 is 61.8. The monoisotopic (exact) mass is 582 g/mol. The van der Waals surface area contributed by atoms with Gasteiger partial charge in [0.05, 0.1) is 0 Å². The van der Waals surface area contributed by atoms with Gasteiger partial charge in [0.15, 0.2) is 15.6 Å². The molecule has 1 nitrogen and oxygen atoms in total. The molecular formula is C28H21F6OPS2. The Kier molecular flexibility index (Phi) is 7.25. The minimum absolute atomic E-state index is 0.0595. The van der Waals surface area contributed by atoms with E-state index in [1.807, 2.05) is 53.8 Å². The Labute approximate surface area is 222 Å². The zero-order chi connectivity index (χ0) is 27.6. The van der Waals surface area contributed by atoms with Gasteiger partial charge in [0.2, 0.25) is 4.21 Å². The van der Waals surface area contributed by atoms with Gasteiger partial charge >= 0.3 is 33.0 Å². The van der Waals surface area contributed by atoms with Crippen molar-refractivity contribution in [1.29, 1.82) is 0 Å². The van der Waals surface area contributed by atoms with Crippen LogP contribution in [0.4, 0.5) is 25.2 Å². The minimum atomic E-state index is -10.7. The number of carbonyl (C=O) groups is 1. The van der Waals surface area contributed by atoms with Crippen molar-refractivity contribution < 1.29 is 30.0 Å². The Morgan fingerprint density at radius 3 is 1.68 bits per heavy atom. The number of hydrogen-bond donors (Lipinski definition) is 0. The SMILES string of the molecule is Cc1ccc([S+](c2ccc(C(=O)c3ccccc3)cc2)c2cc3ccccc3s2)cc1.F[P-](F)(F)(F)(F)F. The Morgan fingerprint density at radius 1 is 0.658 bits per heavy atom. The van der Waals surface area contributed by atoms with E-state index < -0.39 is 7.81 Å². The summed E-state index contributed by atoms with van der Waals surface area (Å²) in [5.74, 6) is 0.0595. The molecule has 0 fully saturated rings. The fraction of sp³-hybridized carbons (Fsp3) is 0.0357. The van der Waals surface area contributed by atoms with Gasteiger partial charge in [-0.15, -0.1) is 0 Å². The number of benzene rings is 4. The van der Waals surface area contributed by atoms with E-state index in [4.69, 9.17) is 0 Å². The molecule has 1 aromatic heterocycles. The van der Waals surface area contributed by atoms with Gasteiger partial charge in [0, 0.05) is 21.9 Å². The van der Waals surface area contributed by atoms with Gasteiger partial charge in [-0.1, -0.05) is 77.6 Å². The van der Waals surface area contributed by atoms with Gasteiger partial charge in [0.1, 0.15) is 10.9 Å². The van der Waals surface area contributed by atoms with Crippen molar-refractivity contribution in [3.05, 3.63) is 126 Å². The number of hydrogen-bond acceptors (Lipinski definition) is 2. The summed E-state index contributed by atoms with van der Waals surface area (Å²) in [6.07, 6.45) is 0. The first-order valence-corrected chi connectivity index (χ1v) is 15.3. The summed E-state index contributed by atoms with van der Waals surface area (Å²) in [5.41, 5.74) is 2.70. The maximum absolute atomic E-state index is 12.8. The van der Waals surface area contributed by atoms with Crippen molar-refractivity contribution in [2.45, 2.75) is 20.9 Å². The van der Waals surface area contributed by atoms with Crippen LogP contribution in [0, 0.1) is 6.92 Å². The van der Waals surface area contributed by atoms with Gasteiger partial charge in [-0.25, -0.2) is 0 Å². The summed E-state index contributed by atoms with van der Waals surface area (Å²) in [4.78, 5) is 15.3. The van der Waals surface area contributed by atoms with Crippen LogP contribution in [0.3, 0.4) is 0 Å². The third kappa shape index (κ3) is 8.18. The van der Waals surface area contributed by atoms with E-state index in [9.17, 15) is 30.0 Å². The molecule has 0 bridgehead atoms. The van der Waals surface area contributed by atoms with Crippen molar-refractivity contribution >= 4 is 45.9 Å². The number of rotatable bonds is 5. The Hall–Kier alpha value is -3.13. The van der Waals surface area contributed by atoms with Crippen LogP contribution < -0.4 is 0 Å². The van der Waals surface area contributed by atoms with E-state index in [1.54, 1.807) is 0 Å². The summed E-state index contributed by atoms with van der Waals surface area (Å²) in [5, 5.41) is 1.28. The summed E-state index contributed by atoms with van der Waals surface area (Å²) >= 11 is 1.85. The van der Waals surface area contributed by atoms with Crippen molar-refractivity contribution in [2.75, 3.05) is 0 Å². The van der Waals surface area contributed by atoms with E-state index in [0.717, 1.165) is 11.1 Å². The van der Waals surface area contributed by atoms with Crippen LogP contribution in [0.5, 0.6) is 0 Å². The number of aryl methyl sites for hydroxylation is 1. The van der Waals surface area contributed by atoms with Crippen molar-refractivity contribution in [3.8, 4) is 0 Å². The van der Waals surface area contributed by atoms with Crippen molar-refractivity contribution in [2.24, 2.45) is 0 Å². The maximum atomic E-state index is 12.8. The molecule has 0 aliphatic rings. The van der Waals surface area contributed by atoms with Gasteiger partial charge in [-0.2, -0.15) is 0 Å². The molecular weight excluding hydrogens is 561 g/mol. The average Bonchev–Trinajstić information content (AvgIpc) is 3.28. The number of carbonyl (C=O) groups excluding carboxylic acids is 1. The molecule has 0 aliphatic carbocycles. The van der Waals surface area contributed by atoms with Crippen LogP contribution in [-0.2, 0) is 10.9 Å². The molecule has 0 spiro atoms. The molecule has 5 rings (SSSR count). The molecule has 4 aromatic carbocycles. The first kappa shape index (κ1) is 27.9. The first-order valence-electron chi connectivity index (χ1n) is 11.2. The second-order valence-corrected chi connectivity index (χ2v) is 13.7. The molecule has 0 saturated carbocycles. The van der Waals surface area contributed by atoms with Crippen LogP contribution in [0.15, 0.2) is 123 Å². The standard InChI is InChI=1S/C28H21OS2.F6P/c1-20-11-15-24(16-12-20)31(27-19-23-9-5-6-10-26(23)30-27)25-17-13-22(14-18-25)28(29)21-7-3-2-4-8-21;1-7(2,3,4,5)6/h2-19H,1H3;/q+1;-1. The molecule has 1 atom stereocenters. The number of fused-ring (bicyclic) bond motifs is 1. The molecule has 0 aliphatic heterocycles. The van der Waals surface area contributed by atoms with Crippen molar-refractivity contribution in [1.82, 2.24) is 0 Å². The van der Waals surface area contributed by atoms with E-state index in [0.29, 0.717) is 0 Å². The first-order chi connectivity index (χ1) is 17.6.